The molecule has 0 amide bonds. The zero-order chi connectivity index (χ0) is 22.8. The second-order valence-corrected chi connectivity index (χ2v) is 8.96. The Hall–Kier alpha value is -3.49. The van der Waals surface area contributed by atoms with E-state index in [2.05, 4.69) is 34.4 Å². The Morgan fingerprint density at radius 3 is 2.58 bits per heavy atom. The fourth-order valence-corrected chi connectivity index (χ4v) is 4.87. The number of aromatic nitrogens is 2. The summed E-state index contributed by atoms with van der Waals surface area (Å²) >= 11 is 7.37. The molecule has 2 aromatic heterocycles. The van der Waals surface area contributed by atoms with Gasteiger partial charge in [-0.05, 0) is 53.8 Å². The number of hydrogen-bond acceptors (Lipinski definition) is 6. The van der Waals surface area contributed by atoms with Gasteiger partial charge in [0.15, 0.2) is 5.11 Å². The van der Waals surface area contributed by atoms with Crippen LogP contribution >= 0.6 is 23.6 Å². The molecule has 1 unspecified atom stereocenters. The minimum Gasteiger partial charge on any atom is -0.497 e. The zero-order valence-electron chi connectivity index (χ0n) is 18.2. The van der Waals surface area contributed by atoms with Crippen LogP contribution in [-0.2, 0) is 6.54 Å². The Morgan fingerprint density at radius 1 is 1.09 bits per heavy atom. The molecule has 5 rings (SSSR count). The van der Waals surface area contributed by atoms with Crippen molar-refractivity contribution in [2.75, 3.05) is 7.11 Å². The largest absolute Gasteiger partial charge is 0.497 e. The standard InChI is InChI=1S/C25H22N4O2S2/c1-16-21(24-27-23(28-31-24)20-9-6-14-33-20)22(18-10-12-19(30-2)13-11-18)26-25(32)29(16)15-17-7-4-3-5-8-17/h3-14,22H,15H2,1-2H3,(H,26,32). The molecule has 0 aliphatic carbocycles. The van der Waals surface area contributed by atoms with Crippen LogP contribution in [0, 0.1) is 0 Å². The highest BCUT2D eigenvalue weighted by Gasteiger charge is 2.34. The minimum absolute atomic E-state index is 0.230. The van der Waals surface area contributed by atoms with Crippen molar-refractivity contribution in [2.45, 2.75) is 19.5 Å². The summed E-state index contributed by atoms with van der Waals surface area (Å²) in [4.78, 5) is 7.78. The van der Waals surface area contributed by atoms with Gasteiger partial charge in [-0.15, -0.1) is 11.3 Å². The first-order valence-electron chi connectivity index (χ1n) is 10.5. The van der Waals surface area contributed by atoms with Crippen LogP contribution in [0.25, 0.3) is 16.3 Å². The lowest BCUT2D eigenvalue weighted by Crippen LogP contribution is -2.45. The SMILES string of the molecule is COc1ccc(C2NC(=S)N(Cc3ccccc3)C(C)=C2c2nc(-c3cccs3)no2)cc1. The highest BCUT2D eigenvalue weighted by atomic mass is 32.1. The second kappa shape index (κ2) is 9.17. The average Bonchev–Trinajstić information content (AvgIpc) is 3.54. The summed E-state index contributed by atoms with van der Waals surface area (Å²) in [5.41, 5.74) is 4.07. The van der Waals surface area contributed by atoms with Gasteiger partial charge >= 0.3 is 0 Å². The van der Waals surface area contributed by atoms with Gasteiger partial charge in [0.1, 0.15) is 5.75 Å². The number of hydrogen-bond donors (Lipinski definition) is 1. The third-order valence-electron chi connectivity index (χ3n) is 5.63. The molecule has 3 heterocycles. The van der Waals surface area contributed by atoms with Crippen molar-refractivity contribution in [1.29, 1.82) is 0 Å². The first-order valence-corrected chi connectivity index (χ1v) is 11.8. The third-order valence-corrected chi connectivity index (χ3v) is 6.83. The van der Waals surface area contributed by atoms with E-state index < -0.39 is 0 Å². The Balaban J connectivity index is 1.59. The Labute approximate surface area is 201 Å². The molecule has 6 nitrogen and oxygen atoms in total. The Morgan fingerprint density at radius 2 is 1.88 bits per heavy atom. The lowest BCUT2D eigenvalue weighted by Gasteiger charge is -2.37. The third kappa shape index (κ3) is 4.27. The van der Waals surface area contributed by atoms with E-state index in [0.29, 0.717) is 23.4 Å². The Kier molecular flexibility index (Phi) is 5.93. The van der Waals surface area contributed by atoms with Gasteiger partial charge in [-0.1, -0.05) is 53.7 Å². The number of nitrogens with zero attached hydrogens (tertiary/aromatic N) is 3. The molecule has 0 radical (unpaired) electrons. The maximum atomic E-state index is 5.79. The van der Waals surface area contributed by atoms with E-state index >= 15 is 0 Å². The Bertz CT molecular complexity index is 1280. The maximum absolute atomic E-state index is 5.79. The molecule has 1 aliphatic heterocycles. The molecule has 2 aromatic carbocycles. The number of allylic oxidation sites excluding steroid dienone is 1. The maximum Gasteiger partial charge on any atom is 0.258 e. The van der Waals surface area contributed by atoms with Crippen molar-refractivity contribution in [3.8, 4) is 16.5 Å². The van der Waals surface area contributed by atoms with E-state index in [-0.39, 0.29) is 6.04 Å². The topological polar surface area (TPSA) is 63.4 Å². The summed E-state index contributed by atoms with van der Waals surface area (Å²) in [6.07, 6.45) is 0. The van der Waals surface area contributed by atoms with Crippen LogP contribution in [0.4, 0.5) is 0 Å². The van der Waals surface area contributed by atoms with Gasteiger partial charge in [0.25, 0.3) is 5.89 Å². The number of thiocarbonyl (C=S) groups is 1. The molecular formula is C25H22N4O2S2. The molecule has 33 heavy (non-hydrogen) atoms. The minimum atomic E-state index is -0.230. The summed E-state index contributed by atoms with van der Waals surface area (Å²) in [5, 5.41) is 10.4. The number of benzene rings is 2. The van der Waals surface area contributed by atoms with Crippen LogP contribution in [0.5, 0.6) is 5.75 Å². The van der Waals surface area contributed by atoms with Gasteiger partial charge in [0, 0.05) is 12.2 Å². The van der Waals surface area contributed by atoms with Crippen LogP contribution in [-0.4, -0.2) is 27.3 Å². The monoisotopic (exact) mass is 474 g/mol. The molecule has 0 saturated heterocycles. The smallest absolute Gasteiger partial charge is 0.258 e. The van der Waals surface area contributed by atoms with Crippen LogP contribution in [0.15, 0.2) is 82.3 Å². The number of nitrogens with one attached hydrogen (secondary N) is 1. The lowest BCUT2D eigenvalue weighted by molar-refractivity contribution is 0.396. The van der Waals surface area contributed by atoms with Crippen molar-refractivity contribution in [3.63, 3.8) is 0 Å². The van der Waals surface area contributed by atoms with Crippen molar-refractivity contribution < 1.29 is 9.26 Å². The summed E-state index contributed by atoms with van der Waals surface area (Å²) < 4.78 is 11.1. The molecule has 1 atom stereocenters. The highest BCUT2D eigenvalue weighted by Crippen LogP contribution is 2.38. The summed E-state index contributed by atoms with van der Waals surface area (Å²) in [6.45, 7) is 2.69. The predicted octanol–water partition coefficient (Wildman–Crippen LogP) is 5.67. The normalized spacial score (nSPS) is 16.1. The van der Waals surface area contributed by atoms with Gasteiger partial charge in [-0.3, -0.25) is 0 Å². The van der Waals surface area contributed by atoms with Crippen molar-refractivity contribution >= 4 is 34.2 Å². The first kappa shape index (κ1) is 21.4. The molecule has 4 aromatic rings. The lowest BCUT2D eigenvalue weighted by atomic mass is 9.94. The molecule has 0 fully saturated rings. The van der Waals surface area contributed by atoms with Gasteiger partial charge in [0.05, 0.1) is 23.6 Å². The molecular weight excluding hydrogens is 452 g/mol. The molecule has 166 valence electrons. The van der Waals surface area contributed by atoms with E-state index in [0.717, 1.165) is 33.0 Å². The fourth-order valence-electron chi connectivity index (χ4n) is 3.90. The van der Waals surface area contributed by atoms with E-state index in [9.17, 15) is 0 Å². The average molecular weight is 475 g/mol. The summed E-state index contributed by atoms with van der Waals surface area (Å²) in [5.74, 6) is 1.85. The fraction of sp³-hybridized carbons (Fsp3) is 0.160. The van der Waals surface area contributed by atoms with Crippen molar-refractivity contribution in [3.05, 3.63) is 94.8 Å². The molecule has 0 spiro atoms. The van der Waals surface area contributed by atoms with Gasteiger partial charge in [-0.2, -0.15) is 4.98 Å². The van der Waals surface area contributed by atoms with Crippen LogP contribution in [0.3, 0.4) is 0 Å². The van der Waals surface area contributed by atoms with E-state index in [1.165, 1.54) is 0 Å². The molecule has 1 N–H and O–H groups in total. The number of thiophene rings is 1. The number of methoxy groups -OCH3 is 1. The summed E-state index contributed by atoms with van der Waals surface area (Å²) in [7, 11) is 1.66. The predicted molar refractivity (Wildman–Crippen MR) is 134 cm³/mol. The second-order valence-electron chi connectivity index (χ2n) is 7.63. The van der Waals surface area contributed by atoms with Crippen molar-refractivity contribution in [2.24, 2.45) is 0 Å². The first-order chi connectivity index (χ1) is 16.1. The van der Waals surface area contributed by atoms with E-state index in [1.54, 1.807) is 18.4 Å². The number of rotatable bonds is 6. The van der Waals surface area contributed by atoms with Crippen LogP contribution in [0.1, 0.15) is 30.0 Å². The molecule has 0 bridgehead atoms. The quantitative estimate of drug-likeness (QED) is 0.361. The van der Waals surface area contributed by atoms with Gasteiger partial charge < -0.3 is 19.5 Å². The summed E-state index contributed by atoms with van der Waals surface area (Å²) in [6, 6.07) is 21.9. The molecule has 8 heteroatoms. The highest BCUT2D eigenvalue weighted by molar-refractivity contribution is 7.80. The zero-order valence-corrected chi connectivity index (χ0v) is 19.8. The van der Waals surface area contributed by atoms with Crippen LogP contribution < -0.4 is 10.1 Å². The van der Waals surface area contributed by atoms with E-state index in [4.69, 9.17) is 26.5 Å². The number of ether oxygens (including phenoxy) is 1. The molecule has 1 aliphatic rings. The molecule has 0 saturated carbocycles. The van der Waals surface area contributed by atoms with Gasteiger partial charge in [0.2, 0.25) is 5.82 Å². The van der Waals surface area contributed by atoms with Crippen LogP contribution in [0.2, 0.25) is 0 Å². The van der Waals surface area contributed by atoms with E-state index in [1.807, 2.05) is 60.0 Å². The van der Waals surface area contributed by atoms with Crippen molar-refractivity contribution in [1.82, 2.24) is 20.4 Å². The van der Waals surface area contributed by atoms with Gasteiger partial charge in [-0.25, -0.2) is 0 Å².